The van der Waals surface area contributed by atoms with Gasteiger partial charge in [-0.1, -0.05) is 52.0 Å². The predicted molar refractivity (Wildman–Crippen MR) is 172 cm³/mol. The number of rotatable bonds is 6. The lowest BCUT2D eigenvalue weighted by atomic mass is 9.86. The first-order valence-corrected chi connectivity index (χ1v) is 14.7. The maximum Gasteiger partial charge on any atom is 0.255 e. The van der Waals surface area contributed by atoms with E-state index in [1.165, 1.54) is 0 Å². The number of allylic oxidation sites excluding steroid dienone is 1. The van der Waals surface area contributed by atoms with Crippen LogP contribution in [0.15, 0.2) is 77.8 Å². The fourth-order valence-electron chi connectivity index (χ4n) is 5.13. The number of amidine groups is 1. The van der Waals surface area contributed by atoms with Crippen LogP contribution in [0, 0.1) is 12.8 Å². The number of amides is 2. The summed E-state index contributed by atoms with van der Waals surface area (Å²) >= 11 is 0. The lowest BCUT2D eigenvalue weighted by Gasteiger charge is -2.20. The van der Waals surface area contributed by atoms with Gasteiger partial charge in [0, 0.05) is 40.7 Å². The lowest BCUT2D eigenvalue weighted by Crippen LogP contribution is -2.30. The molecule has 0 radical (unpaired) electrons. The van der Waals surface area contributed by atoms with Gasteiger partial charge in [0.2, 0.25) is 5.78 Å². The van der Waals surface area contributed by atoms with E-state index in [0.29, 0.717) is 34.9 Å². The average molecular weight is 579 g/mol. The number of anilines is 3. The van der Waals surface area contributed by atoms with Crippen LogP contribution in [0.1, 0.15) is 67.6 Å². The standard InChI is InChI=1S/C35H38N4O4/c1-21-20-29(27-8-6-9-28(22(27)2)39-33(41)23-11-13-24(14-12-23)35(3,4)5)38-32(31(21)40)36-25-15-17-26(18-16-25)37-34(42)30-10-7-19-43-30/h6,8-9,11-18,20-21,30H,7,10,19H2,1-5H3,(H,36,38)(H,37,42)(H,39,41). The highest BCUT2D eigenvalue weighted by atomic mass is 16.5. The molecule has 3 N–H and O–H groups in total. The van der Waals surface area contributed by atoms with Gasteiger partial charge in [0.25, 0.3) is 11.8 Å². The van der Waals surface area contributed by atoms with Crippen LogP contribution in [-0.2, 0) is 19.7 Å². The average Bonchev–Trinajstić information content (AvgIpc) is 3.53. The molecule has 2 unspecified atom stereocenters. The summed E-state index contributed by atoms with van der Waals surface area (Å²) in [5, 5.41) is 9.06. The quantitative estimate of drug-likeness (QED) is 0.300. The van der Waals surface area contributed by atoms with Crippen molar-refractivity contribution in [1.82, 2.24) is 0 Å². The van der Waals surface area contributed by atoms with E-state index in [0.717, 1.165) is 29.5 Å². The number of nitrogens with zero attached hydrogens (tertiary/aromatic N) is 1. The topological polar surface area (TPSA) is 109 Å². The summed E-state index contributed by atoms with van der Waals surface area (Å²) in [4.78, 5) is 43.2. The van der Waals surface area contributed by atoms with Gasteiger partial charge in [0.05, 0.1) is 5.70 Å². The summed E-state index contributed by atoms with van der Waals surface area (Å²) in [7, 11) is 0. The van der Waals surface area contributed by atoms with Crippen molar-refractivity contribution in [2.75, 3.05) is 22.6 Å². The Morgan fingerprint density at radius 2 is 1.63 bits per heavy atom. The van der Waals surface area contributed by atoms with E-state index in [4.69, 9.17) is 9.73 Å². The molecule has 3 aromatic rings. The van der Waals surface area contributed by atoms with Crippen molar-refractivity contribution in [3.8, 4) is 0 Å². The van der Waals surface area contributed by atoms with Crippen LogP contribution in [0.4, 0.5) is 17.1 Å². The normalized spacial score (nSPS) is 18.5. The Bertz CT molecular complexity index is 1590. The van der Waals surface area contributed by atoms with Gasteiger partial charge >= 0.3 is 0 Å². The second-order valence-corrected chi connectivity index (χ2v) is 12.1. The molecule has 5 rings (SSSR count). The fourth-order valence-corrected chi connectivity index (χ4v) is 5.13. The van der Waals surface area contributed by atoms with E-state index in [9.17, 15) is 14.4 Å². The number of ether oxygens (including phenoxy) is 1. The van der Waals surface area contributed by atoms with Crippen LogP contribution in [0.5, 0.6) is 0 Å². The van der Waals surface area contributed by atoms with Gasteiger partial charge in [-0.3, -0.25) is 14.4 Å². The third kappa shape index (κ3) is 6.92. The Hall–Kier alpha value is -4.56. The summed E-state index contributed by atoms with van der Waals surface area (Å²) in [6.07, 6.45) is 3.04. The minimum absolute atomic E-state index is 0.00586. The second kappa shape index (κ2) is 12.4. The van der Waals surface area contributed by atoms with Gasteiger partial charge in [-0.2, -0.15) is 0 Å². The van der Waals surface area contributed by atoms with Gasteiger partial charge in [-0.05, 0) is 84.8 Å². The molecule has 2 heterocycles. The first kappa shape index (κ1) is 29.9. The molecule has 8 heteroatoms. The van der Waals surface area contributed by atoms with E-state index < -0.39 is 6.10 Å². The number of nitrogens with one attached hydrogen (secondary N) is 3. The van der Waals surface area contributed by atoms with E-state index in [-0.39, 0.29) is 34.8 Å². The Balaban J connectivity index is 1.31. The highest BCUT2D eigenvalue weighted by Crippen LogP contribution is 2.31. The summed E-state index contributed by atoms with van der Waals surface area (Å²) in [6.45, 7) is 10.8. The molecule has 2 amide bonds. The second-order valence-electron chi connectivity index (χ2n) is 12.1. The smallest absolute Gasteiger partial charge is 0.255 e. The molecule has 0 aromatic heterocycles. The minimum Gasteiger partial charge on any atom is -0.368 e. The van der Waals surface area contributed by atoms with Crippen molar-refractivity contribution in [2.24, 2.45) is 10.9 Å². The zero-order chi connectivity index (χ0) is 30.7. The van der Waals surface area contributed by atoms with Gasteiger partial charge in [0.15, 0.2) is 5.84 Å². The van der Waals surface area contributed by atoms with Crippen molar-refractivity contribution in [2.45, 2.75) is 59.0 Å². The van der Waals surface area contributed by atoms with E-state index in [1.54, 1.807) is 24.3 Å². The van der Waals surface area contributed by atoms with Gasteiger partial charge in [-0.15, -0.1) is 0 Å². The van der Waals surface area contributed by atoms with Gasteiger partial charge in [0.1, 0.15) is 6.10 Å². The fraction of sp³-hybridized carbons (Fsp3) is 0.314. The monoisotopic (exact) mass is 578 g/mol. The minimum atomic E-state index is -0.408. The maximum absolute atomic E-state index is 13.1. The molecule has 2 aliphatic heterocycles. The zero-order valence-electron chi connectivity index (χ0n) is 25.3. The first-order valence-electron chi connectivity index (χ1n) is 14.7. The number of ketones is 1. The third-order valence-corrected chi connectivity index (χ3v) is 7.80. The summed E-state index contributed by atoms with van der Waals surface area (Å²) in [5.74, 6) is -0.628. The molecule has 0 aliphatic carbocycles. The number of carbonyl (C=O) groups is 3. The Morgan fingerprint density at radius 3 is 2.28 bits per heavy atom. The number of aliphatic imine (C=N–C) groups is 1. The van der Waals surface area contributed by atoms with Crippen LogP contribution < -0.4 is 16.0 Å². The first-order chi connectivity index (χ1) is 20.5. The molecule has 0 spiro atoms. The van der Waals surface area contributed by atoms with Crippen LogP contribution in [-0.4, -0.2) is 36.1 Å². The molecule has 8 nitrogen and oxygen atoms in total. The molecule has 0 bridgehead atoms. The number of carbonyl (C=O) groups excluding carboxylic acids is 3. The Labute approximate surface area is 252 Å². The molecule has 0 saturated carbocycles. The number of hydrogen-bond donors (Lipinski definition) is 3. The molecule has 43 heavy (non-hydrogen) atoms. The number of benzene rings is 3. The summed E-state index contributed by atoms with van der Waals surface area (Å²) in [6, 6.07) is 20.5. The van der Waals surface area contributed by atoms with Gasteiger partial charge < -0.3 is 20.7 Å². The van der Waals surface area contributed by atoms with Crippen molar-refractivity contribution < 1.29 is 19.1 Å². The molecule has 1 fully saturated rings. The molecular weight excluding hydrogens is 540 g/mol. The summed E-state index contributed by atoms with van der Waals surface area (Å²) in [5.41, 5.74) is 6.08. The largest absolute Gasteiger partial charge is 0.368 e. The molecule has 2 aliphatic rings. The molecule has 1 saturated heterocycles. The SMILES string of the molecule is Cc1c(NC(=O)c2ccc(C(C)(C)C)cc2)cccc1C1=CC(C)C(=O)C(Nc2ccc(NC(=O)C3CCCO3)cc2)=N1. The van der Waals surface area contributed by atoms with Crippen molar-refractivity contribution in [1.29, 1.82) is 0 Å². The van der Waals surface area contributed by atoms with Crippen LogP contribution in [0.2, 0.25) is 0 Å². The lowest BCUT2D eigenvalue weighted by molar-refractivity contribution is -0.124. The Kier molecular flexibility index (Phi) is 8.59. The van der Waals surface area contributed by atoms with E-state index in [1.807, 2.05) is 62.4 Å². The van der Waals surface area contributed by atoms with E-state index in [2.05, 4.69) is 36.7 Å². The Morgan fingerprint density at radius 1 is 0.930 bits per heavy atom. The van der Waals surface area contributed by atoms with Crippen LogP contribution in [0.3, 0.4) is 0 Å². The number of Topliss-reactive ketones (excluding diaryl/α,β-unsaturated/α-hetero) is 1. The molecule has 2 atom stereocenters. The highest BCUT2D eigenvalue weighted by molar-refractivity contribution is 6.45. The highest BCUT2D eigenvalue weighted by Gasteiger charge is 2.26. The van der Waals surface area contributed by atoms with Crippen LogP contribution in [0.25, 0.3) is 5.70 Å². The zero-order valence-corrected chi connectivity index (χ0v) is 25.3. The van der Waals surface area contributed by atoms with Crippen molar-refractivity contribution >= 4 is 46.2 Å². The van der Waals surface area contributed by atoms with Gasteiger partial charge in [-0.25, -0.2) is 4.99 Å². The number of hydrogen-bond acceptors (Lipinski definition) is 6. The predicted octanol–water partition coefficient (Wildman–Crippen LogP) is 6.73. The van der Waals surface area contributed by atoms with Crippen molar-refractivity contribution in [3.63, 3.8) is 0 Å². The maximum atomic E-state index is 13.1. The molecule has 222 valence electrons. The molecular formula is C35H38N4O4. The van der Waals surface area contributed by atoms with Crippen molar-refractivity contribution in [3.05, 3.63) is 95.1 Å². The molecule has 3 aromatic carbocycles. The third-order valence-electron chi connectivity index (χ3n) is 7.80. The summed E-state index contributed by atoms with van der Waals surface area (Å²) < 4.78 is 5.44. The van der Waals surface area contributed by atoms with Crippen LogP contribution >= 0.6 is 0 Å². The van der Waals surface area contributed by atoms with E-state index >= 15 is 0 Å².